The van der Waals surface area contributed by atoms with Crippen LogP contribution in [0.25, 0.3) is 33.1 Å². The van der Waals surface area contributed by atoms with Gasteiger partial charge in [-0.15, -0.1) is 0 Å². The van der Waals surface area contributed by atoms with Crippen LogP contribution in [0, 0.1) is 5.92 Å². The average Bonchev–Trinajstić information content (AvgIpc) is 3.69. The maximum absolute atomic E-state index is 13.9. The maximum atomic E-state index is 13.9. The molecule has 0 bridgehead atoms. The van der Waals surface area contributed by atoms with Gasteiger partial charge in [0, 0.05) is 37.9 Å². The Bertz CT molecular complexity index is 1850. The minimum absolute atomic E-state index is 0.0445. The normalized spacial score (nSPS) is 22.7. The van der Waals surface area contributed by atoms with Crippen molar-refractivity contribution in [3.63, 3.8) is 0 Å². The van der Waals surface area contributed by atoms with E-state index in [4.69, 9.17) is 14.1 Å². The van der Waals surface area contributed by atoms with Crippen molar-refractivity contribution in [1.82, 2.24) is 24.4 Å². The quantitative estimate of drug-likeness (QED) is 0.246. The molecule has 2 saturated heterocycles. The van der Waals surface area contributed by atoms with Gasteiger partial charge in [-0.1, -0.05) is 31.2 Å². The molecule has 1 unspecified atom stereocenters. The summed E-state index contributed by atoms with van der Waals surface area (Å²) < 4.78 is 42.6. The van der Waals surface area contributed by atoms with Gasteiger partial charge in [-0.2, -0.15) is 4.98 Å². The SMILES string of the molecule is CC(=O)N1CC[C@@H](n2c(O[C@H]3C[C@@H](C=O)N(c4nc(C(F)F)nc5c4oc4ccccc45)C3)nc3ccccc32)C(C)C1. The highest BCUT2D eigenvalue weighted by atomic mass is 19.3. The monoisotopic (exact) mass is 588 g/mol. The van der Waals surface area contributed by atoms with Gasteiger partial charge in [0.2, 0.25) is 5.91 Å². The number of rotatable bonds is 6. The van der Waals surface area contributed by atoms with E-state index in [1.807, 2.05) is 29.2 Å². The number of nitrogens with zero attached hydrogens (tertiary/aromatic N) is 6. The van der Waals surface area contributed by atoms with E-state index in [1.54, 1.807) is 36.1 Å². The van der Waals surface area contributed by atoms with Crippen LogP contribution in [-0.4, -0.2) is 68.4 Å². The molecule has 0 spiro atoms. The number of carbonyl (C=O) groups is 2. The highest BCUT2D eigenvalue weighted by Gasteiger charge is 2.39. The Hall–Kier alpha value is -4.61. The fourth-order valence-corrected chi connectivity index (χ4v) is 6.55. The molecule has 0 aliphatic carbocycles. The number of aromatic nitrogens is 4. The summed E-state index contributed by atoms with van der Waals surface area (Å²) in [5, 5.41) is 0.594. The van der Waals surface area contributed by atoms with E-state index < -0.39 is 24.4 Å². The van der Waals surface area contributed by atoms with Crippen molar-refractivity contribution in [3.8, 4) is 6.01 Å². The summed E-state index contributed by atoms with van der Waals surface area (Å²) in [6, 6.07) is 14.6. The molecule has 2 aliphatic heterocycles. The molecule has 2 fully saturated rings. The van der Waals surface area contributed by atoms with Crippen LogP contribution in [0.3, 0.4) is 0 Å². The molecule has 43 heavy (non-hydrogen) atoms. The number of anilines is 1. The number of piperidine rings is 1. The third-order valence-electron chi connectivity index (χ3n) is 8.62. The zero-order valence-electron chi connectivity index (χ0n) is 23.7. The standard InChI is InChI=1S/C31H30F2N6O4/c1-17-14-37(18(2)41)12-11-23(17)39-24-9-5-4-8-22(24)34-31(39)42-20-13-19(16-40)38(15-20)30-27-26(35-29(36-30)28(32)33)21-7-3-6-10-25(21)43-27/h3-10,16-17,19-20,23,28H,11-15H2,1-2H3/t17?,19-,20-,23+/m0/s1. The molecule has 2 aliphatic rings. The summed E-state index contributed by atoms with van der Waals surface area (Å²) in [4.78, 5) is 41.0. The van der Waals surface area contributed by atoms with Crippen molar-refractivity contribution >= 4 is 51.1 Å². The lowest BCUT2D eigenvalue weighted by atomic mass is 9.93. The van der Waals surface area contributed by atoms with E-state index in [0.29, 0.717) is 36.5 Å². The summed E-state index contributed by atoms with van der Waals surface area (Å²) in [7, 11) is 0. The molecule has 12 heteroatoms. The molecule has 222 valence electrons. The number of ether oxygens (including phenoxy) is 1. The molecule has 3 aromatic heterocycles. The average molecular weight is 589 g/mol. The first-order chi connectivity index (χ1) is 20.8. The number of carbonyl (C=O) groups excluding carboxylic acids is 2. The number of aldehydes is 1. The van der Waals surface area contributed by atoms with Crippen LogP contribution in [0.2, 0.25) is 0 Å². The molecular formula is C31H30F2N6O4. The third kappa shape index (κ3) is 4.65. The van der Waals surface area contributed by atoms with Gasteiger partial charge < -0.3 is 23.7 Å². The van der Waals surface area contributed by atoms with E-state index in [2.05, 4.69) is 21.5 Å². The molecule has 7 rings (SSSR count). The van der Waals surface area contributed by atoms with Gasteiger partial charge in [-0.05, 0) is 36.6 Å². The zero-order valence-corrected chi connectivity index (χ0v) is 23.7. The fraction of sp³-hybridized carbons (Fsp3) is 0.387. The van der Waals surface area contributed by atoms with Crippen LogP contribution in [0.5, 0.6) is 6.01 Å². The van der Waals surface area contributed by atoms with E-state index in [9.17, 15) is 18.4 Å². The zero-order chi connectivity index (χ0) is 29.8. The van der Waals surface area contributed by atoms with Crippen molar-refractivity contribution in [2.24, 2.45) is 5.92 Å². The van der Waals surface area contributed by atoms with Gasteiger partial charge in [-0.25, -0.2) is 18.7 Å². The van der Waals surface area contributed by atoms with Gasteiger partial charge in [0.15, 0.2) is 17.2 Å². The summed E-state index contributed by atoms with van der Waals surface area (Å²) in [5.74, 6) is -0.286. The number of alkyl halides is 2. The van der Waals surface area contributed by atoms with Crippen molar-refractivity contribution in [2.45, 2.75) is 51.3 Å². The number of halogens is 2. The predicted octanol–water partition coefficient (Wildman–Crippen LogP) is 5.32. The number of hydrogen-bond acceptors (Lipinski definition) is 8. The number of benzene rings is 2. The Morgan fingerprint density at radius 2 is 1.88 bits per heavy atom. The third-order valence-corrected chi connectivity index (χ3v) is 8.62. The van der Waals surface area contributed by atoms with Crippen LogP contribution in [0.4, 0.5) is 14.6 Å². The first-order valence-corrected chi connectivity index (χ1v) is 14.4. The molecule has 0 radical (unpaired) electrons. The van der Waals surface area contributed by atoms with Crippen molar-refractivity contribution < 1.29 is 27.5 Å². The fourth-order valence-electron chi connectivity index (χ4n) is 6.55. The minimum Gasteiger partial charge on any atom is -0.459 e. The lowest BCUT2D eigenvalue weighted by molar-refractivity contribution is -0.131. The molecule has 1 amide bonds. The summed E-state index contributed by atoms with van der Waals surface area (Å²) in [6.07, 6.45) is -1.56. The largest absolute Gasteiger partial charge is 0.459 e. The molecule has 5 heterocycles. The van der Waals surface area contributed by atoms with Gasteiger partial charge in [0.05, 0.1) is 23.6 Å². The Kier molecular flexibility index (Phi) is 6.71. The number of fused-ring (bicyclic) bond motifs is 4. The van der Waals surface area contributed by atoms with Crippen molar-refractivity contribution in [1.29, 1.82) is 0 Å². The van der Waals surface area contributed by atoms with Crippen LogP contribution in [0.15, 0.2) is 52.9 Å². The van der Waals surface area contributed by atoms with Gasteiger partial charge in [0.25, 0.3) is 12.4 Å². The highest BCUT2D eigenvalue weighted by Crippen LogP contribution is 2.39. The van der Waals surface area contributed by atoms with Gasteiger partial charge in [-0.3, -0.25) is 9.36 Å². The Morgan fingerprint density at radius 1 is 1.09 bits per heavy atom. The van der Waals surface area contributed by atoms with Crippen molar-refractivity contribution in [3.05, 3.63) is 54.4 Å². The van der Waals surface area contributed by atoms with E-state index in [-0.39, 0.29) is 41.3 Å². The van der Waals surface area contributed by atoms with Crippen LogP contribution in [-0.2, 0) is 9.59 Å². The molecule has 2 aromatic carbocycles. The number of amides is 1. The maximum Gasteiger partial charge on any atom is 0.297 e. The number of imidazole rings is 1. The Balaban J connectivity index is 1.24. The lowest BCUT2D eigenvalue weighted by Gasteiger charge is -2.37. The van der Waals surface area contributed by atoms with E-state index >= 15 is 0 Å². The summed E-state index contributed by atoms with van der Waals surface area (Å²) >= 11 is 0. The van der Waals surface area contributed by atoms with Crippen LogP contribution in [0.1, 0.15) is 45.0 Å². The lowest BCUT2D eigenvalue weighted by Crippen LogP contribution is -2.42. The summed E-state index contributed by atoms with van der Waals surface area (Å²) in [5.41, 5.74) is 2.72. The van der Waals surface area contributed by atoms with Crippen LogP contribution >= 0.6 is 0 Å². The van der Waals surface area contributed by atoms with E-state index in [0.717, 1.165) is 23.7 Å². The predicted molar refractivity (Wildman–Crippen MR) is 155 cm³/mol. The number of likely N-dealkylation sites (tertiary alicyclic amines) is 1. The Labute approximate surface area is 245 Å². The molecule has 0 saturated carbocycles. The van der Waals surface area contributed by atoms with Gasteiger partial charge in [0.1, 0.15) is 23.5 Å². The van der Waals surface area contributed by atoms with Crippen LogP contribution < -0.4 is 9.64 Å². The molecule has 0 N–H and O–H groups in total. The molecular weight excluding hydrogens is 558 g/mol. The van der Waals surface area contributed by atoms with Crippen molar-refractivity contribution in [2.75, 3.05) is 24.5 Å². The second kappa shape index (κ2) is 10.6. The second-order valence-electron chi connectivity index (χ2n) is 11.4. The Morgan fingerprint density at radius 3 is 2.65 bits per heavy atom. The number of hydrogen-bond donors (Lipinski definition) is 0. The molecule has 5 aromatic rings. The number of para-hydroxylation sites is 3. The van der Waals surface area contributed by atoms with Gasteiger partial charge >= 0.3 is 0 Å². The summed E-state index contributed by atoms with van der Waals surface area (Å²) in [6.45, 7) is 5.17. The molecule has 4 atom stereocenters. The first-order valence-electron chi connectivity index (χ1n) is 14.4. The topological polar surface area (TPSA) is 107 Å². The highest BCUT2D eigenvalue weighted by molar-refractivity contribution is 6.06. The smallest absolute Gasteiger partial charge is 0.297 e. The second-order valence-corrected chi connectivity index (χ2v) is 11.4. The van der Waals surface area contributed by atoms with E-state index in [1.165, 1.54) is 0 Å². The number of furan rings is 1. The first kappa shape index (κ1) is 27.2. The molecule has 10 nitrogen and oxygen atoms in total. The minimum atomic E-state index is -2.91.